The molecule has 0 bridgehead atoms. The van der Waals surface area contributed by atoms with Crippen molar-refractivity contribution < 1.29 is 9.13 Å². The first-order valence-corrected chi connectivity index (χ1v) is 8.54. The van der Waals surface area contributed by atoms with Crippen molar-refractivity contribution in [3.05, 3.63) is 29.6 Å². The highest BCUT2D eigenvalue weighted by atomic mass is 19.1. The Morgan fingerprint density at radius 3 is 2.67 bits per heavy atom. The summed E-state index contributed by atoms with van der Waals surface area (Å²) in [4.78, 5) is 0. The molecule has 1 nitrogen and oxygen atoms in total. The van der Waals surface area contributed by atoms with Crippen molar-refractivity contribution in [1.82, 2.24) is 0 Å². The Hall–Kier alpha value is -1.05. The summed E-state index contributed by atoms with van der Waals surface area (Å²) < 4.78 is 19.5. The number of hydrogen-bond donors (Lipinski definition) is 0. The predicted molar refractivity (Wildman–Crippen MR) is 86.3 cm³/mol. The van der Waals surface area contributed by atoms with Gasteiger partial charge in [-0.1, -0.05) is 52.5 Å². The van der Waals surface area contributed by atoms with Crippen LogP contribution in [-0.2, 0) is 0 Å². The molecule has 1 fully saturated rings. The number of unbranched alkanes of at least 4 members (excludes halogenated alkanes) is 2. The third-order valence-corrected chi connectivity index (χ3v) is 4.77. The SMILES string of the molecule is CCCCCC(C)C(C)c1ccc(F)c(OCC2CC2)c1. The van der Waals surface area contributed by atoms with Crippen molar-refractivity contribution in [1.29, 1.82) is 0 Å². The molecule has 1 aromatic rings. The average molecular weight is 292 g/mol. The van der Waals surface area contributed by atoms with Crippen LogP contribution in [0.4, 0.5) is 4.39 Å². The normalized spacial score (nSPS) is 17.5. The Labute approximate surface area is 128 Å². The van der Waals surface area contributed by atoms with E-state index in [9.17, 15) is 4.39 Å². The van der Waals surface area contributed by atoms with E-state index < -0.39 is 0 Å². The van der Waals surface area contributed by atoms with E-state index >= 15 is 0 Å². The van der Waals surface area contributed by atoms with Crippen molar-refractivity contribution in [3.63, 3.8) is 0 Å². The summed E-state index contributed by atoms with van der Waals surface area (Å²) in [5.41, 5.74) is 1.20. The van der Waals surface area contributed by atoms with Crippen LogP contribution in [0.5, 0.6) is 5.75 Å². The highest BCUT2D eigenvalue weighted by Crippen LogP contribution is 2.33. The van der Waals surface area contributed by atoms with Gasteiger partial charge in [0.05, 0.1) is 6.61 Å². The summed E-state index contributed by atoms with van der Waals surface area (Å²) in [5, 5.41) is 0. The van der Waals surface area contributed by atoms with Gasteiger partial charge in [0.1, 0.15) is 0 Å². The van der Waals surface area contributed by atoms with Gasteiger partial charge in [-0.25, -0.2) is 4.39 Å². The second kappa shape index (κ2) is 7.82. The molecule has 0 aromatic heterocycles. The maximum Gasteiger partial charge on any atom is 0.165 e. The zero-order valence-electron chi connectivity index (χ0n) is 13.7. The molecular formula is C19H29FO. The summed E-state index contributed by atoms with van der Waals surface area (Å²) in [6.07, 6.45) is 7.55. The lowest BCUT2D eigenvalue weighted by Crippen LogP contribution is -2.08. The van der Waals surface area contributed by atoms with E-state index in [1.54, 1.807) is 6.07 Å². The van der Waals surface area contributed by atoms with E-state index in [4.69, 9.17) is 4.74 Å². The first-order valence-electron chi connectivity index (χ1n) is 8.54. The lowest BCUT2D eigenvalue weighted by atomic mass is 9.85. The van der Waals surface area contributed by atoms with Crippen molar-refractivity contribution in [2.75, 3.05) is 6.61 Å². The zero-order chi connectivity index (χ0) is 15.2. The summed E-state index contributed by atoms with van der Waals surface area (Å²) in [7, 11) is 0. The van der Waals surface area contributed by atoms with Crippen LogP contribution in [0.2, 0.25) is 0 Å². The molecular weight excluding hydrogens is 263 g/mol. The van der Waals surface area contributed by atoms with Crippen LogP contribution in [-0.4, -0.2) is 6.61 Å². The monoisotopic (exact) mass is 292 g/mol. The fourth-order valence-electron chi connectivity index (χ4n) is 2.70. The molecule has 0 aliphatic heterocycles. The smallest absolute Gasteiger partial charge is 0.165 e. The Balaban J connectivity index is 1.95. The number of hydrogen-bond acceptors (Lipinski definition) is 1. The van der Waals surface area contributed by atoms with Gasteiger partial charge in [-0.2, -0.15) is 0 Å². The van der Waals surface area contributed by atoms with Crippen LogP contribution in [0.15, 0.2) is 18.2 Å². The van der Waals surface area contributed by atoms with Gasteiger partial charge in [0, 0.05) is 0 Å². The molecule has 2 unspecified atom stereocenters. The Kier molecular flexibility index (Phi) is 6.08. The van der Waals surface area contributed by atoms with Crippen molar-refractivity contribution >= 4 is 0 Å². The molecule has 2 atom stereocenters. The first-order chi connectivity index (χ1) is 10.1. The van der Waals surface area contributed by atoms with Crippen LogP contribution in [0.25, 0.3) is 0 Å². The van der Waals surface area contributed by atoms with Gasteiger partial charge in [-0.15, -0.1) is 0 Å². The molecule has 0 spiro atoms. The first kappa shape index (κ1) is 16.3. The Morgan fingerprint density at radius 1 is 1.24 bits per heavy atom. The van der Waals surface area contributed by atoms with E-state index in [2.05, 4.69) is 20.8 Å². The molecule has 21 heavy (non-hydrogen) atoms. The lowest BCUT2D eigenvalue weighted by molar-refractivity contribution is 0.284. The minimum atomic E-state index is -0.231. The highest BCUT2D eigenvalue weighted by Gasteiger charge is 2.23. The largest absolute Gasteiger partial charge is 0.490 e. The van der Waals surface area contributed by atoms with Gasteiger partial charge in [-0.05, 0) is 48.3 Å². The van der Waals surface area contributed by atoms with Crippen molar-refractivity contribution in [3.8, 4) is 5.75 Å². The van der Waals surface area contributed by atoms with Gasteiger partial charge in [0.15, 0.2) is 11.6 Å². The number of rotatable bonds is 9. The second-order valence-corrected chi connectivity index (χ2v) is 6.71. The van der Waals surface area contributed by atoms with Gasteiger partial charge < -0.3 is 4.74 Å². The van der Waals surface area contributed by atoms with Crippen LogP contribution in [0.3, 0.4) is 0 Å². The quantitative estimate of drug-likeness (QED) is 0.512. The number of benzene rings is 1. The molecule has 1 aliphatic rings. The van der Waals surface area contributed by atoms with E-state index in [0.29, 0.717) is 30.1 Å². The number of halogens is 1. The zero-order valence-corrected chi connectivity index (χ0v) is 13.7. The molecule has 118 valence electrons. The molecule has 0 saturated heterocycles. The Morgan fingerprint density at radius 2 is 2.00 bits per heavy atom. The van der Waals surface area contributed by atoms with Crippen LogP contribution >= 0.6 is 0 Å². The molecule has 1 saturated carbocycles. The third-order valence-electron chi connectivity index (χ3n) is 4.77. The molecule has 0 N–H and O–H groups in total. The number of ether oxygens (including phenoxy) is 1. The van der Waals surface area contributed by atoms with E-state index in [1.165, 1.54) is 44.1 Å². The maximum atomic E-state index is 13.8. The third kappa shape index (κ3) is 5.01. The van der Waals surface area contributed by atoms with Crippen molar-refractivity contribution in [2.45, 2.75) is 65.2 Å². The van der Waals surface area contributed by atoms with Crippen LogP contribution < -0.4 is 4.74 Å². The van der Waals surface area contributed by atoms with E-state index in [0.717, 1.165) is 0 Å². The standard InChI is InChI=1S/C19H29FO/c1-4-5-6-7-14(2)15(3)17-10-11-18(20)19(12-17)21-13-16-8-9-16/h10-12,14-16H,4-9,13H2,1-3H3. The van der Waals surface area contributed by atoms with Gasteiger partial charge >= 0.3 is 0 Å². The average Bonchev–Trinajstić information content (AvgIpc) is 3.30. The lowest BCUT2D eigenvalue weighted by Gasteiger charge is -2.21. The molecule has 0 heterocycles. The molecule has 1 aromatic carbocycles. The van der Waals surface area contributed by atoms with Crippen LogP contribution in [0.1, 0.15) is 70.8 Å². The molecule has 0 amide bonds. The van der Waals surface area contributed by atoms with Gasteiger partial charge in [0.25, 0.3) is 0 Å². The van der Waals surface area contributed by atoms with Gasteiger partial charge in [0.2, 0.25) is 0 Å². The van der Waals surface area contributed by atoms with Gasteiger partial charge in [-0.3, -0.25) is 0 Å². The summed E-state index contributed by atoms with van der Waals surface area (Å²) in [6.45, 7) is 7.45. The van der Waals surface area contributed by atoms with E-state index in [1.807, 2.05) is 12.1 Å². The van der Waals surface area contributed by atoms with E-state index in [-0.39, 0.29) is 5.82 Å². The molecule has 0 radical (unpaired) electrons. The van der Waals surface area contributed by atoms with Crippen LogP contribution in [0, 0.1) is 17.7 Å². The minimum absolute atomic E-state index is 0.231. The molecule has 2 heteroatoms. The predicted octanol–water partition coefficient (Wildman–Crippen LogP) is 5.93. The maximum absolute atomic E-state index is 13.8. The molecule has 2 rings (SSSR count). The summed E-state index contributed by atoms with van der Waals surface area (Å²) in [5.74, 6) is 1.93. The minimum Gasteiger partial charge on any atom is -0.490 e. The fourth-order valence-corrected chi connectivity index (χ4v) is 2.70. The topological polar surface area (TPSA) is 9.23 Å². The Bertz CT molecular complexity index is 439. The summed E-state index contributed by atoms with van der Waals surface area (Å²) in [6, 6.07) is 5.39. The van der Waals surface area contributed by atoms with Crippen molar-refractivity contribution in [2.24, 2.45) is 11.8 Å². The molecule has 1 aliphatic carbocycles. The fraction of sp³-hybridized carbons (Fsp3) is 0.684. The second-order valence-electron chi connectivity index (χ2n) is 6.71. The highest BCUT2D eigenvalue weighted by molar-refractivity contribution is 5.32. The summed E-state index contributed by atoms with van der Waals surface area (Å²) >= 11 is 0.